The zero-order valence-corrected chi connectivity index (χ0v) is 9.26. The molecule has 0 fully saturated rings. The predicted octanol–water partition coefficient (Wildman–Crippen LogP) is 0.891. The molecule has 5 nitrogen and oxygen atoms in total. The number of hydrogen-bond acceptors (Lipinski definition) is 4. The maximum Gasteiger partial charge on any atom is 0.321 e. The van der Waals surface area contributed by atoms with Crippen molar-refractivity contribution in [3.63, 3.8) is 0 Å². The Bertz CT molecular complexity index is 409. The predicted molar refractivity (Wildman–Crippen MR) is 61.5 cm³/mol. The van der Waals surface area contributed by atoms with Gasteiger partial charge in [-0.1, -0.05) is 12.1 Å². The van der Waals surface area contributed by atoms with Crippen molar-refractivity contribution in [1.29, 1.82) is 5.26 Å². The number of nitrogens with zero attached hydrogens (tertiary/aromatic N) is 1. The molecule has 1 aromatic carbocycles. The van der Waals surface area contributed by atoms with Gasteiger partial charge in [-0.25, -0.2) is 0 Å². The maximum atomic E-state index is 11.0. The first-order chi connectivity index (χ1) is 8.13. The lowest BCUT2D eigenvalue weighted by atomic mass is 10.1. The molecule has 0 aromatic heterocycles. The molecular formula is C12H14N2O3. The molecule has 0 amide bonds. The minimum atomic E-state index is -0.948. The summed E-state index contributed by atoms with van der Waals surface area (Å²) in [6.07, 6.45) is 0.598. The molecule has 0 saturated heterocycles. The Morgan fingerprint density at radius 2 is 2.06 bits per heavy atom. The van der Waals surface area contributed by atoms with Crippen molar-refractivity contribution in [2.75, 3.05) is 6.54 Å². The van der Waals surface area contributed by atoms with E-state index in [4.69, 9.17) is 15.5 Å². The molecule has 1 atom stereocenters. The zero-order chi connectivity index (χ0) is 12.7. The minimum Gasteiger partial charge on any atom is -0.508 e. The number of nitriles is 1. The van der Waals surface area contributed by atoms with Gasteiger partial charge in [0.25, 0.3) is 0 Å². The molecule has 0 aliphatic carbocycles. The number of aromatic hydroxyl groups is 1. The number of carboxylic acid groups (broad SMARTS) is 1. The highest BCUT2D eigenvalue weighted by atomic mass is 16.4. The zero-order valence-electron chi connectivity index (χ0n) is 9.26. The van der Waals surface area contributed by atoms with Crippen LogP contribution < -0.4 is 5.32 Å². The van der Waals surface area contributed by atoms with Crippen molar-refractivity contribution in [2.24, 2.45) is 0 Å². The van der Waals surface area contributed by atoms with Crippen molar-refractivity contribution in [3.8, 4) is 11.8 Å². The topological polar surface area (TPSA) is 93.4 Å². The first-order valence-electron chi connectivity index (χ1n) is 5.24. The lowest BCUT2D eigenvalue weighted by molar-refractivity contribution is -0.139. The van der Waals surface area contributed by atoms with E-state index in [0.717, 1.165) is 5.56 Å². The largest absolute Gasteiger partial charge is 0.508 e. The minimum absolute atomic E-state index is 0.151. The van der Waals surface area contributed by atoms with Crippen LogP contribution >= 0.6 is 0 Å². The number of benzene rings is 1. The van der Waals surface area contributed by atoms with Gasteiger partial charge in [0.2, 0.25) is 0 Å². The Labute approximate surface area is 99.3 Å². The number of rotatable bonds is 6. The summed E-state index contributed by atoms with van der Waals surface area (Å²) in [5.41, 5.74) is 0.819. The highest BCUT2D eigenvalue weighted by Gasteiger charge is 2.16. The van der Waals surface area contributed by atoms with Gasteiger partial charge in [0, 0.05) is 13.0 Å². The van der Waals surface area contributed by atoms with Crippen LogP contribution in [-0.2, 0) is 11.2 Å². The normalized spacial score (nSPS) is 11.7. The van der Waals surface area contributed by atoms with Gasteiger partial charge >= 0.3 is 5.97 Å². The molecule has 0 bridgehead atoms. The average molecular weight is 234 g/mol. The van der Waals surface area contributed by atoms with Crippen LogP contribution in [0.25, 0.3) is 0 Å². The molecule has 0 heterocycles. The van der Waals surface area contributed by atoms with Crippen LogP contribution in [-0.4, -0.2) is 28.8 Å². The van der Waals surface area contributed by atoms with Crippen LogP contribution in [0.15, 0.2) is 24.3 Å². The van der Waals surface area contributed by atoms with Gasteiger partial charge in [0.15, 0.2) is 0 Å². The quantitative estimate of drug-likeness (QED) is 0.635. The van der Waals surface area contributed by atoms with E-state index in [-0.39, 0.29) is 12.2 Å². The first-order valence-corrected chi connectivity index (χ1v) is 5.24. The van der Waals surface area contributed by atoms with E-state index in [0.29, 0.717) is 13.0 Å². The molecule has 1 aromatic rings. The summed E-state index contributed by atoms with van der Waals surface area (Å²) in [5, 5.41) is 29.3. The summed E-state index contributed by atoms with van der Waals surface area (Å²) in [5.74, 6) is -0.797. The number of phenols is 1. The molecular weight excluding hydrogens is 220 g/mol. The second-order valence-electron chi connectivity index (χ2n) is 3.62. The third-order valence-corrected chi connectivity index (χ3v) is 2.30. The second-order valence-corrected chi connectivity index (χ2v) is 3.62. The summed E-state index contributed by atoms with van der Waals surface area (Å²) in [4.78, 5) is 11.0. The first kappa shape index (κ1) is 13.0. The smallest absolute Gasteiger partial charge is 0.321 e. The number of phenolic OH excluding ortho intramolecular Hbond substituents is 1. The molecule has 0 saturated carbocycles. The third-order valence-electron chi connectivity index (χ3n) is 2.30. The van der Waals surface area contributed by atoms with Gasteiger partial charge in [0.1, 0.15) is 11.8 Å². The van der Waals surface area contributed by atoms with Crippen LogP contribution in [0.2, 0.25) is 0 Å². The Morgan fingerprint density at radius 1 is 1.41 bits per heavy atom. The van der Waals surface area contributed by atoms with Crippen molar-refractivity contribution >= 4 is 5.97 Å². The molecule has 0 spiro atoms. The third kappa shape index (κ3) is 4.53. The highest BCUT2D eigenvalue weighted by molar-refractivity contribution is 5.73. The standard InChI is InChI=1S/C12H14N2O3/c13-6-1-7-14-11(12(16)17)8-9-2-4-10(15)5-3-9/h2-5,11,14-15H,1,7-8H2,(H,16,17). The second kappa shape index (κ2) is 6.51. The maximum absolute atomic E-state index is 11.0. The molecule has 1 unspecified atom stereocenters. The van der Waals surface area contributed by atoms with Crippen LogP contribution in [0, 0.1) is 11.3 Å². The van der Waals surface area contributed by atoms with E-state index < -0.39 is 12.0 Å². The molecule has 0 aliphatic heterocycles. The Hall–Kier alpha value is -2.06. The number of nitrogens with one attached hydrogen (secondary N) is 1. The van der Waals surface area contributed by atoms with Gasteiger partial charge in [-0.05, 0) is 24.1 Å². The van der Waals surface area contributed by atoms with E-state index in [1.807, 2.05) is 6.07 Å². The summed E-state index contributed by atoms with van der Waals surface area (Å²) in [6.45, 7) is 0.353. The fourth-order valence-corrected chi connectivity index (χ4v) is 1.42. The van der Waals surface area contributed by atoms with Crippen LogP contribution in [0.1, 0.15) is 12.0 Å². The summed E-state index contributed by atoms with van der Waals surface area (Å²) >= 11 is 0. The molecule has 1 rings (SSSR count). The van der Waals surface area contributed by atoms with E-state index in [1.54, 1.807) is 12.1 Å². The van der Waals surface area contributed by atoms with Gasteiger partial charge in [-0.15, -0.1) is 0 Å². The van der Waals surface area contributed by atoms with E-state index in [2.05, 4.69) is 5.32 Å². The Morgan fingerprint density at radius 3 is 2.59 bits per heavy atom. The molecule has 90 valence electrons. The van der Waals surface area contributed by atoms with Crippen molar-refractivity contribution in [2.45, 2.75) is 18.9 Å². The van der Waals surface area contributed by atoms with Gasteiger partial charge < -0.3 is 15.5 Å². The summed E-state index contributed by atoms with van der Waals surface area (Å²) in [6, 6.07) is 7.62. The number of carboxylic acids is 1. The summed E-state index contributed by atoms with van der Waals surface area (Å²) < 4.78 is 0. The van der Waals surface area contributed by atoms with Crippen LogP contribution in [0.4, 0.5) is 0 Å². The molecule has 5 heteroatoms. The monoisotopic (exact) mass is 234 g/mol. The van der Waals surface area contributed by atoms with Crippen molar-refractivity contribution in [3.05, 3.63) is 29.8 Å². The van der Waals surface area contributed by atoms with Crippen molar-refractivity contribution < 1.29 is 15.0 Å². The van der Waals surface area contributed by atoms with Gasteiger partial charge in [0.05, 0.1) is 6.07 Å². The lowest BCUT2D eigenvalue weighted by Gasteiger charge is -2.13. The Balaban J connectivity index is 2.57. The summed E-state index contributed by atoms with van der Waals surface area (Å²) in [7, 11) is 0. The van der Waals surface area contributed by atoms with E-state index >= 15 is 0 Å². The number of hydrogen-bond donors (Lipinski definition) is 3. The molecule has 0 radical (unpaired) electrons. The fourth-order valence-electron chi connectivity index (χ4n) is 1.42. The van der Waals surface area contributed by atoms with Gasteiger partial charge in [-0.2, -0.15) is 5.26 Å². The molecule has 3 N–H and O–H groups in total. The lowest BCUT2D eigenvalue weighted by Crippen LogP contribution is -2.38. The van der Waals surface area contributed by atoms with E-state index in [9.17, 15) is 4.79 Å². The highest BCUT2D eigenvalue weighted by Crippen LogP contribution is 2.11. The van der Waals surface area contributed by atoms with Crippen molar-refractivity contribution in [1.82, 2.24) is 5.32 Å². The van der Waals surface area contributed by atoms with Crippen LogP contribution in [0.5, 0.6) is 5.75 Å². The van der Waals surface area contributed by atoms with Gasteiger partial charge in [-0.3, -0.25) is 4.79 Å². The van der Waals surface area contributed by atoms with E-state index in [1.165, 1.54) is 12.1 Å². The number of aliphatic carboxylic acids is 1. The number of carbonyl (C=O) groups is 1. The van der Waals surface area contributed by atoms with Crippen LogP contribution in [0.3, 0.4) is 0 Å². The average Bonchev–Trinajstić information content (AvgIpc) is 2.30. The fraction of sp³-hybridized carbons (Fsp3) is 0.333. The Kier molecular flexibility index (Phi) is 4.98. The molecule has 17 heavy (non-hydrogen) atoms. The molecule has 0 aliphatic rings. The SMILES string of the molecule is N#CCCNC(Cc1ccc(O)cc1)C(=O)O.